The summed E-state index contributed by atoms with van der Waals surface area (Å²) in [5.74, 6) is 0. The summed E-state index contributed by atoms with van der Waals surface area (Å²) < 4.78 is 0. The van der Waals surface area contributed by atoms with E-state index in [4.69, 9.17) is 0 Å². The average molecular weight is 280 g/mol. The second kappa shape index (κ2) is 6.47. The van der Waals surface area contributed by atoms with Gasteiger partial charge >= 0.3 is 0 Å². The van der Waals surface area contributed by atoms with E-state index in [0.29, 0.717) is 0 Å². The van der Waals surface area contributed by atoms with Gasteiger partial charge in [-0.1, -0.05) is 81.7 Å². The van der Waals surface area contributed by atoms with Gasteiger partial charge in [-0.2, -0.15) is 0 Å². The van der Waals surface area contributed by atoms with Crippen molar-refractivity contribution in [2.45, 2.75) is 58.8 Å². The van der Waals surface area contributed by atoms with Crippen LogP contribution in [0, 0.1) is 6.92 Å². The van der Waals surface area contributed by atoms with Crippen molar-refractivity contribution in [3.8, 4) is 0 Å². The van der Waals surface area contributed by atoms with Gasteiger partial charge < -0.3 is 0 Å². The number of benzene rings is 2. The molecule has 2 aromatic carbocycles. The van der Waals surface area contributed by atoms with E-state index in [2.05, 4.69) is 70.7 Å². The van der Waals surface area contributed by atoms with Gasteiger partial charge in [-0.3, -0.25) is 0 Å². The van der Waals surface area contributed by atoms with Gasteiger partial charge in [0.15, 0.2) is 0 Å². The maximum Gasteiger partial charge on any atom is 0.0137 e. The number of aryl methyl sites for hydroxylation is 1. The summed E-state index contributed by atoms with van der Waals surface area (Å²) in [5, 5.41) is 2.72. The molecule has 0 N–H and O–H groups in total. The molecule has 1 atom stereocenters. The standard InChI is InChI=1S/C21H28/c1-6-7-10-15-21(5,16(2)3)20-17(4)13-14-18-11-8-9-12-19(18)20/h8-9,11-14H,2,6-7,10,15H2,1,3-5H3. The summed E-state index contributed by atoms with van der Waals surface area (Å²) >= 11 is 0. The molecule has 0 aliphatic rings. The smallest absolute Gasteiger partial charge is 0.0137 e. The van der Waals surface area contributed by atoms with E-state index in [1.807, 2.05) is 0 Å². The summed E-state index contributed by atoms with van der Waals surface area (Å²) in [4.78, 5) is 0. The number of allylic oxidation sites excluding steroid dienone is 1. The Morgan fingerprint density at radius 2 is 1.81 bits per heavy atom. The van der Waals surface area contributed by atoms with E-state index in [0.717, 1.165) is 0 Å². The van der Waals surface area contributed by atoms with Gasteiger partial charge in [0.1, 0.15) is 0 Å². The van der Waals surface area contributed by atoms with Crippen LogP contribution in [0.15, 0.2) is 48.6 Å². The number of rotatable bonds is 6. The Hall–Kier alpha value is -1.56. The molecule has 0 saturated carbocycles. The van der Waals surface area contributed by atoms with Gasteiger partial charge in [0.2, 0.25) is 0 Å². The Labute approximate surface area is 129 Å². The second-order valence-corrected chi connectivity index (χ2v) is 6.55. The van der Waals surface area contributed by atoms with Crippen molar-refractivity contribution >= 4 is 10.8 Å². The van der Waals surface area contributed by atoms with Gasteiger partial charge in [-0.05, 0) is 42.2 Å². The molecule has 0 aliphatic heterocycles. The van der Waals surface area contributed by atoms with Crippen LogP contribution in [-0.4, -0.2) is 0 Å². The highest BCUT2D eigenvalue weighted by atomic mass is 14.3. The lowest BCUT2D eigenvalue weighted by Crippen LogP contribution is -2.24. The molecule has 0 nitrogen and oxygen atoms in total. The normalized spacial score (nSPS) is 14.1. The van der Waals surface area contributed by atoms with Crippen molar-refractivity contribution in [3.05, 3.63) is 59.7 Å². The summed E-state index contributed by atoms with van der Waals surface area (Å²) in [6.45, 7) is 13.4. The lowest BCUT2D eigenvalue weighted by atomic mass is 9.70. The third-order valence-electron chi connectivity index (χ3n) is 4.91. The summed E-state index contributed by atoms with van der Waals surface area (Å²) in [5.41, 5.74) is 4.21. The minimum Gasteiger partial charge on any atom is -0.0993 e. The second-order valence-electron chi connectivity index (χ2n) is 6.55. The SMILES string of the molecule is C=C(C)C(C)(CCCCC)c1c(C)ccc2ccccc12. The molecule has 0 saturated heterocycles. The topological polar surface area (TPSA) is 0 Å². The van der Waals surface area contributed by atoms with Gasteiger partial charge in [0.25, 0.3) is 0 Å². The predicted molar refractivity (Wildman–Crippen MR) is 95.0 cm³/mol. The molecular formula is C21H28. The summed E-state index contributed by atoms with van der Waals surface area (Å²) in [6.07, 6.45) is 5.01. The molecule has 1 unspecified atom stereocenters. The van der Waals surface area contributed by atoms with Crippen molar-refractivity contribution in [1.82, 2.24) is 0 Å². The maximum atomic E-state index is 4.33. The van der Waals surface area contributed by atoms with Gasteiger partial charge in [-0.15, -0.1) is 0 Å². The van der Waals surface area contributed by atoms with Crippen molar-refractivity contribution < 1.29 is 0 Å². The van der Waals surface area contributed by atoms with E-state index in [-0.39, 0.29) is 5.41 Å². The first-order chi connectivity index (χ1) is 10.0. The molecule has 21 heavy (non-hydrogen) atoms. The largest absolute Gasteiger partial charge is 0.0993 e. The Morgan fingerprint density at radius 1 is 1.10 bits per heavy atom. The van der Waals surface area contributed by atoms with E-state index < -0.39 is 0 Å². The van der Waals surface area contributed by atoms with Crippen molar-refractivity contribution in [1.29, 1.82) is 0 Å². The molecule has 2 aromatic rings. The molecule has 0 heterocycles. The van der Waals surface area contributed by atoms with Crippen LogP contribution < -0.4 is 0 Å². The fraction of sp³-hybridized carbons (Fsp3) is 0.429. The zero-order valence-corrected chi connectivity index (χ0v) is 14.0. The molecule has 0 aliphatic carbocycles. The Kier molecular flexibility index (Phi) is 4.88. The lowest BCUT2D eigenvalue weighted by molar-refractivity contribution is 0.476. The van der Waals surface area contributed by atoms with Gasteiger partial charge in [0.05, 0.1) is 0 Å². The summed E-state index contributed by atoms with van der Waals surface area (Å²) in [7, 11) is 0. The first kappa shape index (κ1) is 15.8. The lowest BCUT2D eigenvalue weighted by Gasteiger charge is -2.34. The summed E-state index contributed by atoms with van der Waals surface area (Å²) in [6, 6.07) is 13.2. The highest BCUT2D eigenvalue weighted by Gasteiger charge is 2.30. The Balaban J connectivity index is 2.59. The number of fused-ring (bicyclic) bond motifs is 1. The van der Waals surface area contributed by atoms with Gasteiger partial charge in [0, 0.05) is 5.41 Å². The van der Waals surface area contributed by atoms with Crippen LogP contribution in [0.4, 0.5) is 0 Å². The third kappa shape index (κ3) is 3.05. The Bertz CT molecular complexity index is 636. The quantitative estimate of drug-likeness (QED) is 0.415. The monoisotopic (exact) mass is 280 g/mol. The van der Waals surface area contributed by atoms with Crippen LogP contribution in [0.1, 0.15) is 57.6 Å². The van der Waals surface area contributed by atoms with E-state index in [1.165, 1.54) is 53.2 Å². The van der Waals surface area contributed by atoms with Crippen LogP contribution >= 0.6 is 0 Å². The van der Waals surface area contributed by atoms with Crippen LogP contribution in [0.2, 0.25) is 0 Å². The molecule has 0 radical (unpaired) electrons. The van der Waals surface area contributed by atoms with E-state index in [9.17, 15) is 0 Å². The molecule has 112 valence electrons. The molecule has 0 aromatic heterocycles. The maximum absolute atomic E-state index is 4.33. The predicted octanol–water partition coefficient (Wildman–Crippen LogP) is 6.56. The molecule has 0 heteroatoms. The minimum atomic E-state index is 0.0696. The number of hydrogen-bond donors (Lipinski definition) is 0. The molecular weight excluding hydrogens is 252 g/mol. The van der Waals surface area contributed by atoms with E-state index in [1.54, 1.807) is 0 Å². The molecule has 0 fully saturated rings. The number of unbranched alkanes of at least 4 members (excludes halogenated alkanes) is 2. The molecule has 0 amide bonds. The fourth-order valence-corrected chi connectivity index (χ4v) is 3.39. The zero-order chi connectivity index (χ0) is 15.5. The first-order valence-corrected chi connectivity index (χ1v) is 8.15. The highest BCUT2D eigenvalue weighted by Crippen LogP contribution is 2.41. The van der Waals surface area contributed by atoms with Crippen LogP contribution in [0.25, 0.3) is 10.8 Å². The van der Waals surface area contributed by atoms with Crippen molar-refractivity contribution in [2.75, 3.05) is 0 Å². The third-order valence-corrected chi connectivity index (χ3v) is 4.91. The molecule has 0 spiro atoms. The molecule has 2 rings (SSSR count). The molecule has 0 bridgehead atoms. The minimum absolute atomic E-state index is 0.0696. The highest BCUT2D eigenvalue weighted by molar-refractivity contribution is 5.88. The zero-order valence-electron chi connectivity index (χ0n) is 14.0. The Morgan fingerprint density at radius 3 is 2.48 bits per heavy atom. The van der Waals surface area contributed by atoms with Crippen LogP contribution in [0.5, 0.6) is 0 Å². The number of hydrogen-bond acceptors (Lipinski definition) is 0. The van der Waals surface area contributed by atoms with Crippen LogP contribution in [-0.2, 0) is 5.41 Å². The van der Waals surface area contributed by atoms with E-state index >= 15 is 0 Å². The van der Waals surface area contributed by atoms with Crippen LogP contribution in [0.3, 0.4) is 0 Å². The van der Waals surface area contributed by atoms with Gasteiger partial charge in [-0.25, -0.2) is 0 Å². The first-order valence-electron chi connectivity index (χ1n) is 8.15. The fourth-order valence-electron chi connectivity index (χ4n) is 3.39. The van der Waals surface area contributed by atoms with Crippen molar-refractivity contribution in [2.24, 2.45) is 0 Å². The average Bonchev–Trinajstić information content (AvgIpc) is 2.47. The van der Waals surface area contributed by atoms with Crippen molar-refractivity contribution in [3.63, 3.8) is 0 Å².